The van der Waals surface area contributed by atoms with Crippen molar-refractivity contribution >= 4 is 51.5 Å². The number of nitrogens with zero attached hydrogens (tertiary/aromatic N) is 3. The molecule has 2 heterocycles. The number of alkyl halides is 2. The molecule has 0 aliphatic carbocycles. The first-order valence-electron chi connectivity index (χ1n) is 12.0. The molecule has 0 bridgehead atoms. The molecule has 1 atom stereocenters. The largest absolute Gasteiger partial charge is 0.376 e. The molecule has 4 aromatic rings. The summed E-state index contributed by atoms with van der Waals surface area (Å²) in [7, 11) is 5.17. The van der Waals surface area contributed by atoms with E-state index in [4.69, 9.17) is 11.6 Å². The van der Waals surface area contributed by atoms with Gasteiger partial charge in [0.25, 0.3) is 5.91 Å². The molecular formula is C27H24ClF3N6O2. The van der Waals surface area contributed by atoms with Crippen LogP contribution in [0.1, 0.15) is 33.2 Å². The molecule has 0 fully saturated rings. The first kappa shape index (κ1) is 26.4. The van der Waals surface area contributed by atoms with E-state index in [2.05, 4.69) is 21.0 Å². The number of anilines is 3. The summed E-state index contributed by atoms with van der Waals surface area (Å²) in [5.74, 6) is -1.12. The molecule has 0 saturated carbocycles. The molecule has 1 aliphatic heterocycles. The summed E-state index contributed by atoms with van der Waals surface area (Å²) in [5.41, 5.74) is 2.51. The van der Waals surface area contributed by atoms with Crippen molar-refractivity contribution in [3.05, 3.63) is 81.8 Å². The zero-order chi connectivity index (χ0) is 28.0. The molecule has 39 heavy (non-hydrogen) atoms. The maximum atomic E-state index is 14.2. The molecule has 1 aromatic heterocycles. The minimum absolute atomic E-state index is 0.0953. The highest BCUT2D eigenvalue weighted by Gasteiger charge is 2.37. The third kappa shape index (κ3) is 4.85. The zero-order valence-electron chi connectivity index (χ0n) is 21.2. The van der Waals surface area contributed by atoms with E-state index in [9.17, 15) is 22.8 Å². The smallest absolute Gasteiger partial charge is 0.323 e. The van der Waals surface area contributed by atoms with Crippen molar-refractivity contribution in [2.75, 3.05) is 29.6 Å². The summed E-state index contributed by atoms with van der Waals surface area (Å²) < 4.78 is 42.4. The highest BCUT2D eigenvalue weighted by molar-refractivity contribution is 6.31. The molecule has 3 aromatic carbocycles. The first-order valence-corrected chi connectivity index (χ1v) is 12.3. The summed E-state index contributed by atoms with van der Waals surface area (Å²) in [6, 6.07) is 10.9. The molecule has 12 heteroatoms. The lowest BCUT2D eigenvalue weighted by atomic mass is 9.94. The summed E-state index contributed by atoms with van der Waals surface area (Å²) in [5, 5.41) is 13.2. The Bertz CT molecular complexity index is 1620. The van der Waals surface area contributed by atoms with Crippen LogP contribution < -0.4 is 20.9 Å². The average Bonchev–Trinajstić information content (AvgIpc) is 3.37. The fourth-order valence-electron chi connectivity index (χ4n) is 4.91. The first-order chi connectivity index (χ1) is 18.5. The fourth-order valence-corrected chi connectivity index (χ4v) is 5.13. The van der Waals surface area contributed by atoms with Crippen LogP contribution in [0.2, 0.25) is 5.02 Å². The average molecular weight is 557 g/mol. The summed E-state index contributed by atoms with van der Waals surface area (Å²) >= 11 is 6.38. The summed E-state index contributed by atoms with van der Waals surface area (Å²) in [6.07, 6.45) is -3.26. The van der Waals surface area contributed by atoms with Gasteiger partial charge < -0.3 is 20.9 Å². The highest BCUT2D eigenvalue weighted by atomic mass is 35.5. The van der Waals surface area contributed by atoms with Crippen LogP contribution in [-0.4, -0.2) is 42.2 Å². The Kier molecular flexibility index (Phi) is 6.85. The predicted octanol–water partition coefficient (Wildman–Crippen LogP) is 5.72. The number of aromatic nitrogens is 2. The second kappa shape index (κ2) is 10.1. The van der Waals surface area contributed by atoms with Gasteiger partial charge in [0.15, 0.2) is 0 Å². The van der Waals surface area contributed by atoms with Crippen molar-refractivity contribution in [1.82, 2.24) is 15.1 Å². The van der Waals surface area contributed by atoms with E-state index in [0.717, 1.165) is 5.69 Å². The van der Waals surface area contributed by atoms with Gasteiger partial charge in [0.05, 0.1) is 35.1 Å². The van der Waals surface area contributed by atoms with Crippen LogP contribution >= 0.6 is 11.6 Å². The van der Waals surface area contributed by atoms with Crippen molar-refractivity contribution in [1.29, 1.82) is 0 Å². The van der Waals surface area contributed by atoms with E-state index < -0.39 is 36.6 Å². The highest BCUT2D eigenvalue weighted by Crippen LogP contribution is 2.43. The molecule has 5 rings (SSSR count). The lowest BCUT2D eigenvalue weighted by Crippen LogP contribution is -2.23. The van der Waals surface area contributed by atoms with Crippen molar-refractivity contribution in [2.45, 2.75) is 18.9 Å². The summed E-state index contributed by atoms with van der Waals surface area (Å²) in [6.45, 7) is 0. The number of urea groups is 1. The number of carbonyl (C=O) groups excluding carboxylic acids is 2. The standard InChI is InChI=1S/C27H24ClF3N6O2/c1-36(2)19-7-5-4-6-17(19)32-27(39)33-18-11-15-20(12-21(30)31)37(3)35-25(15)23-22(18)24(34-26(23)38)14-10-13(29)8-9-16(14)28/h4-11,21,24H,12H2,1-3H3,(H,34,38)(H2,32,33,39). The second-order valence-electron chi connectivity index (χ2n) is 9.34. The van der Waals surface area contributed by atoms with Crippen molar-refractivity contribution in [2.24, 2.45) is 7.05 Å². The molecule has 8 nitrogen and oxygen atoms in total. The SMILES string of the molecule is CN(C)c1ccccc1NC(=O)Nc1cc2c(CC(F)F)n(C)nc2c2c1C(c1cc(F)ccc1Cl)NC2=O. The normalized spacial score (nSPS) is 14.5. The van der Waals surface area contributed by atoms with E-state index in [1.165, 1.54) is 36.0 Å². The molecule has 3 amide bonds. The maximum Gasteiger partial charge on any atom is 0.323 e. The Hall–Kier alpha value is -4.25. The van der Waals surface area contributed by atoms with Crippen molar-refractivity contribution in [3.8, 4) is 0 Å². The maximum absolute atomic E-state index is 14.2. The number of halogens is 4. The number of benzene rings is 3. The van der Waals surface area contributed by atoms with Gasteiger partial charge >= 0.3 is 6.03 Å². The fraction of sp³-hybridized carbons (Fsp3) is 0.222. The number of carbonyl (C=O) groups is 2. The second-order valence-corrected chi connectivity index (χ2v) is 9.74. The Morgan fingerprint density at radius 2 is 1.87 bits per heavy atom. The van der Waals surface area contributed by atoms with E-state index in [0.29, 0.717) is 16.6 Å². The van der Waals surface area contributed by atoms with E-state index >= 15 is 0 Å². The third-order valence-corrected chi connectivity index (χ3v) is 6.93. The van der Waals surface area contributed by atoms with Gasteiger partial charge in [0, 0.05) is 48.4 Å². The monoisotopic (exact) mass is 556 g/mol. The quantitative estimate of drug-likeness (QED) is 0.283. The number of hydrogen-bond acceptors (Lipinski definition) is 4. The van der Waals surface area contributed by atoms with Gasteiger partial charge in [-0.2, -0.15) is 5.10 Å². The number of hydrogen-bond donors (Lipinski definition) is 3. The third-order valence-electron chi connectivity index (χ3n) is 6.58. The van der Waals surface area contributed by atoms with Crippen LogP contribution in [0.4, 0.5) is 35.0 Å². The summed E-state index contributed by atoms with van der Waals surface area (Å²) in [4.78, 5) is 28.3. The van der Waals surface area contributed by atoms with Crippen LogP contribution in [0, 0.1) is 5.82 Å². The van der Waals surface area contributed by atoms with Crippen LogP contribution in [0.3, 0.4) is 0 Å². The van der Waals surface area contributed by atoms with Gasteiger partial charge in [-0.1, -0.05) is 23.7 Å². The van der Waals surface area contributed by atoms with Crippen LogP contribution in [0.25, 0.3) is 10.9 Å². The molecule has 1 unspecified atom stereocenters. The van der Waals surface area contributed by atoms with Gasteiger partial charge in [0.1, 0.15) is 11.3 Å². The van der Waals surface area contributed by atoms with Gasteiger partial charge in [-0.15, -0.1) is 0 Å². The number of rotatable bonds is 6. The Morgan fingerprint density at radius 1 is 1.15 bits per heavy atom. The van der Waals surface area contributed by atoms with Crippen LogP contribution in [0.5, 0.6) is 0 Å². The zero-order valence-corrected chi connectivity index (χ0v) is 21.9. The minimum atomic E-state index is -2.66. The van der Waals surface area contributed by atoms with Crippen molar-refractivity contribution < 1.29 is 22.8 Å². The lowest BCUT2D eigenvalue weighted by molar-refractivity contribution is 0.0961. The van der Waals surface area contributed by atoms with Crippen LogP contribution in [-0.2, 0) is 13.5 Å². The molecule has 1 aliphatic rings. The van der Waals surface area contributed by atoms with Crippen molar-refractivity contribution in [3.63, 3.8) is 0 Å². The molecule has 3 N–H and O–H groups in total. The number of amides is 3. The topological polar surface area (TPSA) is 91.3 Å². The Labute approximate surface area is 226 Å². The molecular weight excluding hydrogens is 533 g/mol. The van der Waals surface area contributed by atoms with E-state index in [-0.39, 0.29) is 33.0 Å². The molecule has 0 radical (unpaired) electrons. The number of fused-ring (bicyclic) bond motifs is 3. The van der Waals surface area contributed by atoms with E-state index in [1.54, 1.807) is 12.1 Å². The van der Waals surface area contributed by atoms with Gasteiger partial charge in [-0.05, 0) is 36.4 Å². The number of nitrogens with one attached hydrogen (secondary N) is 3. The Morgan fingerprint density at radius 3 is 2.59 bits per heavy atom. The lowest BCUT2D eigenvalue weighted by Gasteiger charge is -2.20. The number of para-hydroxylation sites is 2. The van der Waals surface area contributed by atoms with Gasteiger partial charge in [-0.25, -0.2) is 18.0 Å². The predicted molar refractivity (Wildman–Crippen MR) is 145 cm³/mol. The van der Waals surface area contributed by atoms with Gasteiger partial charge in [0.2, 0.25) is 6.43 Å². The molecule has 202 valence electrons. The molecule has 0 spiro atoms. The van der Waals surface area contributed by atoms with Crippen LogP contribution in [0.15, 0.2) is 48.5 Å². The Balaban J connectivity index is 1.67. The number of aryl methyl sites for hydroxylation is 1. The minimum Gasteiger partial charge on any atom is -0.376 e. The molecule has 0 saturated heterocycles. The van der Waals surface area contributed by atoms with Gasteiger partial charge in [-0.3, -0.25) is 9.48 Å². The van der Waals surface area contributed by atoms with E-state index in [1.807, 2.05) is 31.1 Å².